The molecule has 0 aromatic carbocycles. The highest BCUT2D eigenvalue weighted by Gasteiger charge is 2.18. The van der Waals surface area contributed by atoms with Crippen LogP contribution < -0.4 is 16.1 Å². The number of anilines is 1. The lowest BCUT2D eigenvalue weighted by atomic mass is 10.1. The maximum absolute atomic E-state index is 12.1. The number of rotatable bonds is 1. The van der Waals surface area contributed by atoms with Crippen LogP contribution in [0.1, 0.15) is 19.3 Å². The average molecular weight is 263 g/mol. The average Bonchev–Trinajstić information content (AvgIpc) is 2.89. The summed E-state index contributed by atoms with van der Waals surface area (Å²) in [4.78, 5) is 33.5. The molecule has 3 heterocycles. The molecule has 0 spiro atoms. The fourth-order valence-corrected chi connectivity index (χ4v) is 2.57. The van der Waals surface area contributed by atoms with Gasteiger partial charge in [0.1, 0.15) is 0 Å². The smallest absolute Gasteiger partial charge is 0.332 e. The van der Waals surface area contributed by atoms with Gasteiger partial charge in [-0.1, -0.05) is 0 Å². The number of piperidine rings is 1. The molecule has 1 aliphatic heterocycles. The minimum atomic E-state index is -0.353. The summed E-state index contributed by atoms with van der Waals surface area (Å²) in [7, 11) is 3.11. The maximum Gasteiger partial charge on any atom is 0.332 e. The third kappa shape index (κ3) is 1.76. The van der Waals surface area contributed by atoms with Crippen molar-refractivity contribution in [3.05, 3.63) is 20.8 Å². The van der Waals surface area contributed by atoms with Gasteiger partial charge in [-0.2, -0.15) is 4.98 Å². The van der Waals surface area contributed by atoms with E-state index in [1.807, 2.05) is 0 Å². The number of aromatic nitrogens is 4. The van der Waals surface area contributed by atoms with Gasteiger partial charge in [0.05, 0.1) is 0 Å². The highest BCUT2D eigenvalue weighted by molar-refractivity contribution is 5.72. The maximum atomic E-state index is 12.1. The van der Waals surface area contributed by atoms with Crippen molar-refractivity contribution in [1.82, 2.24) is 19.1 Å². The molecule has 0 radical (unpaired) electrons. The molecule has 19 heavy (non-hydrogen) atoms. The Morgan fingerprint density at radius 2 is 1.74 bits per heavy atom. The highest BCUT2D eigenvalue weighted by Crippen LogP contribution is 2.18. The summed E-state index contributed by atoms with van der Waals surface area (Å²) in [6.45, 7) is 1.88. The Bertz CT molecular complexity index is 733. The topological polar surface area (TPSA) is 75.9 Å². The van der Waals surface area contributed by atoms with Crippen LogP contribution in [0.4, 0.5) is 5.95 Å². The monoisotopic (exact) mass is 263 g/mol. The van der Waals surface area contributed by atoms with E-state index in [-0.39, 0.29) is 11.2 Å². The molecule has 1 aliphatic rings. The largest absolute Gasteiger partial charge is 0.342 e. The van der Waals surface area contributed by atoms with Gasteiger partial charge < -0.3 is 9.88 Å². The van der Waals surface area contributed by atoms with Gasteiger partial charge >= 0.3 is 5.69 Å². The molecule has 102 valence electrons. The number of imidazole rings is 1. The number of aryl methyl sites for hydroxylation is 1. The second-order valence-corrected chi connectivity index (χ2v) is 5.01. The van der Waals surface area contributed by atoms with Crippen molar-refractivity contribution in [3.8, 4) is 0 Å². The Morgan fingerprint density at radius 3 is 2.42 bits per heavy atom. The van der Waals surface area contributed by atoms with Crippen LogP contribution in [0.2, 0.25) is 0 Å². The summed E-state index contributed by atoms with van der Waals surface area (Å²) in [5, 5.41) is 0. The predicted octanol–water partition coefficient (Wildman–Crippen LogP) is -0.0494. The number of fused-ring (bicyclic) bond motifs is 1. The molecule has 3 rings (SSSR count). The van der Waals surface area contributed by atoms with Crippen LogP contribution in [0.15, 0.2) is 9.59 Å². The number of H-pyrrole nitrogens is 1. The van der Waals surface area contributed by atoms with Crippen molar-refractivity contribution in [2.45, 2.75) is 19.3 Å². The third-order valence-electron chi connectivity index (χ3n) is 3.74. The number of hydrogen-bond donors (Lipinski definition) is 1. The molecule has 1 fully saturated rings. The molecule has 1 N–H and O–H groups in total. The first-order valence-electron chi connectivity index (χ1n) is 6.50. The molecule has 0 saturated carbocycles. The third-order valence-corrected chi connectivity index (χ3v) is 3.74. The second-order valence-electron chi connectivity index (χ2n) is 5.01. The van der Waals surface area contributed by atoms with Gasteiger partial charge in [-0.3, -0.25) is 13.9 Å². The molecule has 7 nitrogen and oxygen atoms in total. The lowest BCUT2D eigenvalue weighted by molar-refractivity contribution is 0.570. The van der Waals surface area contributed by atoms with Gasteiger partial charge in [-0.05, 0) is 19.3 Å². The van der Waals surface area contributed by atoms with E-state index in [0.717, 1.165) is 30.5 Å². The predicted molar refractivity (Wildman–Crippen MR) is 72.6 cm³/mol. The molecule has 0 amide bonds. The van der Waals surface area contributed by atoms with Crippen LogP contribution in [0.3, 0.4) is 0 Å². The summed E-state index contributed by atoms with van der Waals surface area (Å²) in [6.07, 6.45) is 3.50. The fourth-order valence-electron chi connectivity index (χ4n) is 2.57. The van der Waals surface area contributed by atoms with E-state index in [1.54, 1.807) is 7.05 Å². The van der Waals surface area contributed by atoms with E-state index in [9.17, 15) is 9.59 Å². The van der Waals surface area contributed by atoms with E-state index >= 15 is 0 Å². The number of nitrogens with one attached hydrogen (secondary N) is 1. The van der Waals surface area contributed by atoms with Gasteiger partial charge in [-0.15, -0.1) is 0 Å². The Kier molecular flexibility index (Phi) is 2.69. The van der Waals surface area contributed by atoms with Gasteiger partial charge in [0.15, 0.2) is 11.2 Å². The minimum absolute atomic E-state index is 0.325. The molecule has 0 unspecified atom stereocenters. The normalized spacial score (nSPS) is 16.2. The Hall–Kier alpha value is -2.05. The van der Waals surface area contributed by atoms with Crippen LogP contribution in [-0.4, -0.2) is 32.2 Å². The zero-order valence-corrected chi connectivity index (χ0v) is 11.1. The van der Waals surface area contributed by atoms with Crippen molar-refractivity contribution in [2.75, 3.05) is 18.0 Å². The molecule has 7 heteroatoms. The molecule has 0 aliphatic carbocycles. The molecule has 2 aromatic rings. The summed E-state index contributed by atoms with van der Waals surface area (Å²) >= 11 is 0. The van der Waals surface area contributed by atoms with Crippen molar-refractivity contribution in [2.24, 2.45) is 14.1 Å². The Labute approximate surface area is 109 Å². The van der Waals surface area contributed by atoms with Crippen molar-refractivity contribution < 1.29 is 0 Å². The second kappa shape index (κ2) is 4.25. The lowest BCUT2D eigenvalue weighted by Gasteiger charge is -2.25. The summed E-state index contributed by atoms with van der Waals surface area (Å²) < 4.78 is 2.50. The Balaban J connectivity index is 2.20. The molecular weight excluding hydrogens is 246 g/mol. The van der Waals surface area contributed by atoms with E-state index in [0.29, 0.717) is 17.1 Å². The van der Waals surface area contributed by atoms with Crippen LogP contribution in [0, 0.1) is 0 Å². The first kappa shape index (κ1) is 12.0. The molecule has 2 aromatic heterocycles. The molecule has 0 bridgehead atoms. The van der Waals surface area contributed by atoms with E-state index in [1.165, 1.54) is 18.0 Å². The van der Waals surface area contributed by atoms with Crippen LogP contribution >= 0.6 is 0 Å². The molecule has 1 saturated heterocycles. The summed E-state index contributed by atoms with van der Waals surface area (Å²) in [5.74, 6) is 0.688. The van der Waals surface area contributed by atoms with Crippen molar-refractivity contribution in [3.63, 3.8) is 0 Å². The van der Waals surface area contributed by atoms with Crippen molar-refractivity contribution in [1.29, 1.82) is 0 Å². The van der Waals surface area contributed by atoms with E-state index in [2.05, 4.69) is 14.9 Å². The van der Waals surface area contributed by atoms with Crippen LogP contribution in [-0.2, 0) is 14.1 Å². The Morgan fingerprint density at radius 1 is 1.05 bits per heavy atom. The van der Waals surface area contributed by atoms with Gasteiger partial charge in [0, 0.05) is 27.2 Å². The van der Waals surface area contributed by atoms with Crippen LogP contribution in [0.25, 0.3) is 11.2 Å². The first-order valence-corrected chi connectivity index (χ1v) is 6.50. The van der Waals surface area contributed by atoms with Crippen molar-refractivity contribution >= 4 is 17.1 Å². The molecule has 0 atom stereocenters. The van der Waals surface area contributed by atoms with E-state index < -0.39 is 0 Å². The highest BCUT2D eigenvalue weighted by atomic mass is 16.2. The molecular formula is C12H17N5O2. The summed E-state index contributed by atoms with van der Waals surface area (Å²) in [6, 6.07) is 0. The first-order chi connectivity index (χ1) is 9.09. The van der Waals surface area contributed by atoms with E-state index in [4.69, 9.17) is 0 Å². The number of aromatic amines is 1. The SMILES string of the molecule is Cn1c(=O)c2[nH]c(N3CCCCC3)nc2n(C)c1=O. The zero-order chi connectivity index (χ0) is 13.6. The summed E-state index contributed by atoms with van der Waals surface area (Å²) in [5.41, 5.74) is 0.141. The minimum Gasteiger partial charge on any atom is -0.342 e. The zero-order valence-electron chi connectivity index (χ0n) is 11.1. The van der Waals surface area contributed by atoms with Gasteiger partial charge in [-0.25, -0.2) is 4.79 Å². The fraction of sp³-hybridized carbons (Fsp3) is 0.583. The quantitative estimate of drug-likeness (QED) is 0.782. The van der Waals surface area contributed by atoms with Gasteiger partial charge in [0.2, 0.25) is 5.95 Å². The lowest BCUT2D eigenvalue weighted by Crippen LogP contribution is -2.36. The van der Waals surface area contributed by atoms with Crippen LogP contribution in [0.5, 0.6) is 0 Å². The van der Waals surface area contributed by atoms with Gasteiger partial charge in [0.25, 0.3) is 5.56 Å². The number of hydrogen-bond acceptors (Lipinski definition) is 4. The number of nitrogens with zero attached hydrogens (tertiary/aromatic N) is 4. The standard InChI is InChI=1S/C12H17N5O2/c1-15-9-8(10(18)16(2)12(15)19)13-11(14-9)17-6-4-3-5-7-17/h3-7H2,1-2H3,(H,13,14).